The van der Waals surface area contributed by atoms with Gasteiger partial charge in [-0.3, -0.25) is 9.78 Å². The van der Waals surface area contributed by atoms with Crippen molar-refractivity contribution in [1.82, 2.24) is 9.97 Å². The molecule has 0 aliphatic carbocycles. The van der Waals surface area contributed by atoms with Crippen LogP contribution in [0.25, 0.3) is 10.9 Å². The molecule has 1 amide bonds. The molecule has 0 fully saturated rings. The summed E-state index contributed by atoms with van der Waals surface area (Å²) in [7, 11) is 0. The van der Waals surface area contributed by atoms with Crippen molar-refractivity contribution in [2.75, 3.05) is 5.32 Å². The second kappa shape index (κ2) is 5.68. The van der Waals surface area contributed by atoms with Gasteiger partial charge in [-0.1, -0.05) is 35.3 Å². The summed E-state index contributed by atoms with van der Waals surface area (Å²) in [5.74, 6) is -0.369. The van der Waals surface area contributed by atoms with Crippen LogP contribution in [0.2, 0.25) is 10.2 Å². The van der Waals surface area contributed by atoms with Crippen molar-refractivity contribution in [3.63, 3.8) is 0 Å². The van der Waals surface area contributed by atoms with Crippen molar-refractivity contribution in [3.05, 3.63) is 64.5 Å². The number of carbonyl (C=O) groups excluding carboxylic acids is 1. The molecule has 6 heteroatoms. The molecule has 0 atom stereocenters. The number of carbonyl (C=O) groups is 1. The molecule has 0 spiro atoms. The minimum atomic E-state index is -0.369. The summed E-state index contributed by atoms with van der Waals surface area (Å²) in [4.78, 5) is 20.5. The van der Waals surface area contributed by atoms with Crippen LogP contribution in [0.4, 0.5) is 5.69 Å². The van der Waals surface area contributed by atoms with Gasteiger partial charge < -0.3 is 5.32 Å². The zero-order chi connectivity index (χ0) is 14.8. The molecule has 0 aliphatic rings. The summed E-state index contributed by atoms with van der Waals surface area (Å²) < 4.78 is 0. The van der Waals surface area contributed by atoms with Gasteiger partial charge in [-0.25, -0.2) is 4.98 Å². The molecule has 21 heavy (non-hydrogen) atoms. The number of benzene rings is 1. The Labute approximate surface area is 130 Å². The van der Waals surface area contributed by atoms with E-state index in [-0.39, 0.29) is 16.8 Å². The summed E-state index contributed by atoms with van der Waals surface area (Å²) in [6.07, 6.45) is 1.66. The minimum Gasteiger partial charge on any atom is -0.319 e. The van der Waals surface area contributed by atoms with Crippen LogP contribution < -0.4 is 5.32 Å². The van der Waals surface area contributed by atoms with Crippen LogP contribution in [-0.2, 0) is 0 Å². The number of hydrogen-bond acceptors (Lipinski definition) is 3. The van der Waals surface area contributed by atoms with Gasteiger partial charge in [0.1, 0.15) is 10.8 Å². The SMILES string of the molecule is O=C(Nc1cc(Cl)cc2cccnc12)c1cccc(Cl)n1. The summed E-state index contributed by atoms with van der Waals surface area (Å²) in [6, 6.07) is 12.0. The quantitative estimate of drug-likeness (QED) is 0.721. The first-order valence-corrected chi connectivity index (χ1v) is 6.87. The number of fused-ring (bicyclic) bond motifs is 1. The molecular formula is C15H9Cl2N3O. The second-order valence-corrected chi connectivity index (χ2v) is 5.15. The maximum Gasteiger partial charge on any atom is 0.274 e. The van der Waals surface area contributed by atoms with Gasteiger partial charge in [-0.2, -0.15) is 0 Å². The first-order chi connectivity index (χ1) is 10.1. The number of aromatic nitrogens is 2. The summed E-state index contributed by atoms with van der Waals surface area (Å²) in [5, 5.41) is 4.39. The van der Waals surface area contributed by atoms with Crippen LogP contribution in [0.1, 0.15) is 10.5 Å². The fourth-order valence-corrected chi connectivity index (χ4v) is 2.36. The van der Waals surface area contributed by atoms with Crippen LogP contribution in [0.5, 0.6) is 0 Å². The van der Waals surface area contributed by atoms with Crippen molar-refractivity contribution < 1.29 is 4.79 Å². The average molecular weight is 318 g/mol. The Bertz CT molecular complexity index is 836. The fourth-order valence-electron chi connectivity index (χ4n) is 1.97. The largest absolute Gasteiger partial charge is 0.319 e. The normalized spacial score (nSPS) is 10.6. The molecule has 0 saturated heterocycles. The van der Waals surface area contributed by atoms with Gasteiger partial charge in [-0.05, 0) is 30.3 Å². The van der Waals surface area contributed by atoms with Gasteiger partial charge in [0.2, 0.25) is 0 Å². The number of hydrogen-bond donors (Lipinski definition) is 1. The van der Waals surface area contributed by atoms with E-state index < -0.39 is 0 Å². The van der Waals surface area contributed by atoms with E-state index in [1.54, 1.807) is 36.5 Å². The highest BCUT2D eigenvalue weighted by Crippen LogP contribution is 2.26. The Kier molecular flexibility index (Phi) is 3.73. The molecule has 0 unspecified atom stereocenters. The van der Waals surface area contributed by atoms with Gasteiger partial charge >= 0.3 is 0 Å². The van der Waals surface area contributed by atoms with Crippen LogP contribution in [0.15, 0.2) is 48.7 Å². The second-order valence-electron chi connectivity index (χ2n) is 4.33. The lowest BCUT2D eigenvalue weighted by Gasteiger charge is -2.08. The highest BCUT2D eigenvalue weighted by molar-refractivity contribution is 6.32. The van der Waals surface area contributed by atoms with Crippen molar-refractivity contribution in [3.8, 4) is 0 Å². The first-order valence-electron chi connectivity index (χ1n) is 6.12. The van der Waals surface area contributed by atoms with E-state index in [2.05, 4.69) is 15.3 Å². The number of nitrogens with zero attached hydrogens (tertiary/aromatic N) is 2. The van der Waals surface area contributed by atoms with Crippen molar-refractivity contribution in [2.24, 2.45) is 0 Å². The molecule has 1 N–H and O–H groups in total. The summed E-state index contributed by atoms with van der Waals surface area (Å²) >= 11 is 11.9. The van der Waals surface area contributed by atoms with Gasteiger partial charge in [0, 0.05) is 16.6 Å². The third-order valence-electron chi connectivity index (χ3n) is 2.87. The smallest absolute Gasteiger partial charge is 0.274 e. The Hall–Kier alpha value is -2.17. The molecule has 4 nitrogen and oxygen atoms in total. The zero-order valence-corrected chi connectivity index (χ0v) is 12.2. The number of anilines is 1. The van der Waals surface area contributed by atoms with Crippen molar-refractivity contribution in [2.45, 2.75) is 0 Å². The Morgan fingerprint density at radius 1 is 1.10 bits per heavy atom. The molecule has 1 aromatic carbocycles. The van der Waals surface area contributed by atoms with Gasteiger partial charge in [0.15, 0.2) is 0 Å². The molecule has 0 radical (unpaired) electrons. The fraction of sp³-hybridized carbons (Fsp3) is 0. The van der Waals surface area contributed by atoms with Gasteiger partial charge in [-0.15, -0.1) is 0 Å². The van der Waals surface area contributed by atoms with E-state index >= 15 is 0 Å². The highest BCUT2D eigenvalue weighted by Gasteiger charge is 2.11. The summed E-state index contributed by atoms with van der Waals surface area (Å²) in [5.41, 5.74) is 1.42. The Balaban J connectivity index is 2.00. The molecule has 0 bridgehead atoms. The zero-order valence-electron chi connectivity index (χ0n) is 10.7. The van der Waals surface area contributed by atoms with Crippen molar-refractivity contribution >= 4 is 45.7 Å². The van der Waals surface area contributed by atoms with E-state index in [1.807, 2.05) is 12.1 Å². The third-order valence-corrected chi connectivity index (χ3v) is 3.29. The molecule has 0 aliphatic heterocycles. The van der Waals surface area contributed by atoms with E-state index in [4.69, 9.17) is 23.2 Å². The number of nitrogens with one attached hydrogen (secondary N) is 1. The number of halogens is 2. The molecule has 2 aromatic heterocycles. The van der Waals surface area contributed by atoms with Gasteiger partial charge in [0.25, 0.3) is 5.91 Å². The van der Waals surface area contributed by atoms with E-state index in [9.17, 15) is 4.79 Å². The summed E-state index contributed by atoms with van der Waals surface area (Å²) in [6.45, 7) is 0. The molecule has 0 saturated carbocycles. The highest BCUT2D eigenvalue weighted by atomic mass is 35.5. The topological polar surface area (TPSA) is 54.9 Å². The lowest BCUT2D eigenvalue weighted by Crippen LogP contribution is -2.14. The lowest BCUT2D eigenvalue weighted by atomic mass is 10.2. The maximum absolute atomic E-state index is 12.2. The Morgan fingerprint density at radius 3 is 2.76 bits per heavy atom. The van der Waals surface area contributed by atoms with E-state index in [0.29, 0.717) is 16.2 Å². The van der Waals surface area contributed by atoms with Crippen LogP contribution in [-0.4, -0.2) is 15.9 Å². The molecular weight excluding hydrogens is 309 g/mol. The predicted molar refractivity (Wildman–Crippen MR) is 84.0 cm³/mol. The number of rotatable bonds is 2. The maximum atomic E-state index is 12.2. The number of pyridine rings is 2. The monoisotopic (exact) mass is 317 g/mol. The van der Waals surface area contributed by atoms with Gasteiger partial charge in [0.05, 0.1) is 11.2 Å². The van der Waals surface area contributed by atoms with Crippen LogP contribution in [0, 0.1) is 0 Å². The first kappa shape index (κ1) is 13.8. The van der Waals surface area contributed by atoms with Crippen LogP contribution in [0.3, 0.4) is 0 Å². The van der Waals surface area contributed by atoms with E-state index in [0.717, 1.165) is 5.39 Å². The predicted octanol–water partition coefficient (Wildman–Crippen LogP) is 4.19. The average Bonchev–Trinajstić information content (AvgIpc) is 2.47. The molecule has 3 aromatic rings. The minimum absolute atomic E-state index is 0.228. The molecule has 2 heterocycles. The van der Waals surface area contributed by atoms with Crippen LogP contribution >= 0.6 is 23.2 Å². The number of amides is 1. The molecule has 3 rings (SSSR count). The van der Waals surface area contributed by atoms with E-state index in [1.165, 1.54) is 0 Å². The standard InChI is InChI=1S/C15H9Cl2N3O/c16-10-7-9-3-2-6-18-14(9)12(8-10)20-15(21)11-4-1-5-13(17)19-11/h1-8H,(H,20,21). The third kappa shape index (κ3) is 2.96. The molecule has 104 valence electrons. The van der Waals surface area contributed by atoms with Crippen molar-refractivity contribution in [1.29, 1.82) is 0 Å². The Morgan fingerprint density at radius 2 is 1.95 bits per heavy atom. The lowest BCUT2D eigenvalue weighted by molar-refractivity contribution is 0.102.